The zero-order chi connectivity index (χ0) is 12.3. The van der Waals surface area contributed by atoms with Crippen LogP contribution in [0.5, 0.6) is 0 Å². The van der Waals surface area contributed by atoms with E-state index < -0.39 is 0 Å². The summed E-state index contributed by atoms with van der Waals surface area (Å²) in [5.41, 5.74) is 2.01. The summed E-state index contributed by atoms with van der Waals surface area (Å²) in [6.45, 7) is 6.00. The van der Waals surface area contributed by atoms with Crippen molar-refractivity contribution in [3.05, 3.63) is 33.4 Å². The van der Waals surface area contributed by atoms with Gasteiger partial charge in [0.2, 0.25) is 0 Å². The smallest absolute Gasteiger partial charge is 0.143 e. The van der Waals surface area contributed by atoms with Gasteiger partial charge in [-0.1, -0.05) is 6.92 Å². The molecule has 0 fully saturated rings. The highest BCUT2D eigenvalue weighted by Crippen LogP contribution is 2.31. The molecule has 2 heterocycles. The first-order valence-corrected chi connectivity index (χ1v) is 7.11. The SMILES string of the molecule is CCNCc1sc(-c2ncccc2Br)nc1C. The fraction of sp³-hybridized carbons (Fsp3) is 0.333. The Labute approximate surface area is 113 Å². The molecule has 0 atom stereocenters. The number of pyridine rings is 1. The Morgan fingerprint density at radius 3 is 3.00 bits per heavy atom. The number of nitrogens with zero attached hydrogens (tertiary/aromatic N) is 2. The molecule has 0 unspecified atom stereocenters. The standard InChI is InChI=1S/C12H14BrN3S/c1-3-14-7-10-8(2)16-12(17-10)11-9(13)5-4-6-15-11/h4-6,14H,3,7H2,1-2H3. The van der Waals surface area contributed by atoms with Gasteiger partial charge in [-0.05, 0) is 41.5 Å². The van der Waals surface area contributed by atoms with Crippen molar-refractivity contribution in [1.29, 1.82) is 0 Å². The van der Waals surface area contributed by atoms with Crippen molar-refractivity contribution < 1.29 is 0 Å². The van der Waals surface area contributed by atoms with Crippen molar-refractivity contribution in [3.8, 4) is 10.7 Å². The largest absolute Gasteiger partial charge is 0.312 e. The summed E-state index contributed by atoms with van der Waals surface area (Å²) in [6.07, 6.45) is 1.79. The molecule has 0 aliphatic heterocycles. The fourth-order valence-electron chi connectivity index (χ4n) is 1.47. The predicted molar refractivity (Wildman–Crippen MR) is 75.2 cm³/mol. The summed E-state index contributed by atoms with van der Waals surface area (Å²) in [5.74, 6) is 0. The monoisotopic (exact) mass is 311 g/mol. The van der Waals surface area contributed by atoms with Gasteiger partial charge in [-0.15, -0.1) is 11.3 Å². The summed E-state index contributed by atoms with van der Waals surface area (Å²) >= 11 is 5.21. The molecule has 0 aliphatic carbocycles. The maximum atomic E-state index is 4.58. The number of hydrogen-bond donors (Lipinski definition) is 1. The Hall–Kier alpha value is -0.780. The number of rotatable bonds is 4. The maximum absolute atomic E-state index is 4.58. The third-order valence-electron chi connectivity index (χ3n) is 2.39. The van der Waals surface area contributed by atoms with E-state index in [2.05, 4.69) is 38.1 Å². The summed E-state index contributed by atoms with van der Waals surface area (Å²) in [6, 6.07) is 3.90. The van der Waals surface area contributed by atoms with Gasteiger partial charge >= 0.3 is 0 Å². The lowest BCUT2D eigenvalue weighted by Gasteiger charge is -1.98. The normalized spacial score (nSPS) is 10.8. The number of hydrogen-bond acceptors (Lipinski definition) is 4. The number of halogens is 1. The molecule has 0 spiro atoms. The summed E-state index contributed by atoms with van der Waals surface area (Å²) in [4.78, 5) is 10.2. The molecule has 0 saturated carbocycles. The van der Waals surface area contributed by atoms with E-state index in [-0.39, 0.29) is 0 Å². The van der Waals surface area contributed by atoms with Gasteiger partial charge in [-0.3, -0.25) is 4.98 Å². The van der Waals surface area contributed by atoms with Crippen LogP contribution in [0.2, 0.25) is 0 Å². The van der Waals surface area contributed by atoms with Crippen molar-refractivity contribution in [2.24, 2.45) is 0 Å². The highest BCUT2D eigenvalue weighted by atomic mass is 79.9. The van der Waals surface area contributed by atoms with Gasteiger partial charge in [0.15, 0.2) is 0 Å². The van der Waals surface area contributed by atoms with Crippen LogP contribution < -0.4 is 5.32 Å². The average Bonchev–Trinajstić information content (AvgIpc) is 2.68. The molecule has 3 nitrogen and oxygen atoms in total. The van der Waals surface area contributed by atoms with Gasteiger partial charge in [-0.25, -0.2) is 4.98 Å². The van der Waals surface area contributed by atoms with E-state index in [4.69, 9.17) is 0 Å². The van der Waals surface area contributed by atoms with Crippen LogP contribution in [-0.2, 0) is 6.54 Å². The minimum atomic E-state index is 0.879. The van der Waals surface area contributed by atoms with E-state index in [0.717, 1.165) is 34.0 Å². The lowest BCUT2D eigenvalue weighted by molar-refractivity contribution is 0.731. The molecule has 17 heavy (non-hydrogen) atoms. The highest BCUT2D eigenvalue weighted by molar-refractivity contribution is 9.10. The van der Waals surface area contributed by atoms with Crippen molar-refractivity contribution in [1.82, 2.24) is 15.3 Å². The molecule has 5 heteroatoms. The molecular formula is C12H14BrN3S. The molecule has 0 aliphatic rings. The van der Waals surface area contributed by atoms with Gasteiger partial charge < -0.3 is 5.32 Å². The van der Waals surface area contributed by atoms with E-state index in [9.17, 15) is 0 Å². The van der Waals surface area contributed by atoms with Crippen LogP contribution in [0.4, 0.5) is 0 Å². The zero-order valence-corrected chi connectivity index (χ0v) is 12.2. The number of nitrogens with one attached hydrogen (secondary N) is 1. The maximum Gasteiger partial charge on any atom is 0.143 e. The first kappa shape index (κ1) is 12.7. The molecule has 2 aromatic rings. The second-order valence-electron chi connectivity index (χ2n) is 3.64. The van der Waals surface area contributed by atoms with E-state index in [1.165, 1.54) is 4.88 Å². The van der Waals surface area contributed by atoms with Crippen LogP contribution in [0.1, 0.15) is 17.5 Å². The first-order chi connectivity index (χ1) is 8.22. The Kier molecular flexibility index (Phi) is 4.25. The lowest BCUT2D eigenvalue weighted by Crippen LogP contribution is -2.11. The van der Waals surface area contributed by atoms with Gasteiger partial charge in [-0.2, -0.15) is 0 Å². The Balaban J connectivity index is 2.31. The van der Waals surface area contributed by atoms with Crippen LogP contribution in [0.25, 0.3) is 10.7 Å². The molecule has 0 radical (unpaired) electrons. The number of aromatic nitrogens is 2. The molecule has 2 rings (SSSR count). The van der Waals surface area contributed by atoms with Crippen LogP contribution in [0.15, 0.2) is 22.8 Å². The summed E-state index contributed by atoms with van der Waals surface area (Å²) in [7, 11) is 0. The molecule has 2 aromatic heterocycles. The quantitative estimate of drug-likeness (QED) is 0.940. The molecule has 0 bridgehead atoms. The third kappa shape index (κ3) is 2.91. The number of aryl methyl sites for hydroxylation is 1. The molecule has 0 saturated heterocycles. The van der Waals surface area contributed by atoms with E-state index >= 15 is 0 Å². The topological polar surface area (TPSA) is 37.8 Å². The lowest BCUT2D eigenvalue weighted by atomic mass is 10.3. The molecule has 0 aromatic carbocycles. The molecule has 1 N–H and O–H groups in total. The Morgan fingerprint density at radius 1 is 1.47 bits per heavy atom. The van der Waals surface area contributed by atoms with Crippen molar-refractivity contribution >= 4 is 27.3 Å². The van der Waals surface area contributed by atoms with Crippen molar-refractivity contribution in [2.45, 2.75) is 20.4 Å². The minimum Gasteiger partial charge on any atom is -0.312 e. The van der Waals surface area contributed by atoms with Crippen LogP contribution >= 0.6 is 27.3 Å². The average molecular weight is 312 g/mol. The molecule has 90 valence electrons. The minimum absolute atomic E-state index is 0.879. The van der Waals surface area contributed by atoms with Crippen LogP contribution in [0.3, 0.4) is 0 Å². The van der Waals surface area contributed by atoms with E-state index in [1.54, 1.807) is 17.5 Å². The zero-order valence-electron chi connectivity index (χ0n) is 9.83. The Bertz CT molecular complexity index is 510. The van der Waals surface area contributed by atoms with Crippen molar-refractivity contribution in [2.75, 3.05) is 6.54 Å². The van der Waals surface area contributed by atoms with E-state index in [0.29, 0.717) is 0 Å². The molecular weight excluding hydrogens is 298 g/mol. The van der Waals surface area contributed by atoms with Gasteiger partial charge in [0.25, 0.3) is 0 Å². The first-order valence-electron chi connectivity index (χ1n) is 5.50. The second kappa shape index (κ2) is 5.71. The highest BCUT2D eigenvalue weighted by Gasteiger charge is 2.12. The van der Waals surface area contributed by atoms with Crippen LogP contribution in [0, 0.1) is 6.92 Å². The van der Waals surface area contributed by atoms with Gasteiger partial charge in [0.1, 0.15) is 10.7 Å². The fourth-order valence-corrected chi connectivity index (χ4v) is 3.09. The van der Waals surface area contributed by atoms with Crippen molar-refractivity contribution in [3.63, 3.8) is 0 Å². The second-order valence-corrected chi connectivity index (χ2v) is 5.58. The van der Waals surface area contributed by atoms with Crippen LogP contribution in [-0.4, -0.2) is 16.5 Å². The number of thiazole rings is 1. The van der Waals surface area contributed by atoms with Gasteiger partial charge in [0, 0.05) is 22.1 Å². The molecule has 0 amide bonds. The van der Waals surface area contributed by atoms with Gasteiger partial charge in [0.05, 0.1) is 5.69 Å². The van der Waals surface area contributed by atoms with E-state index in [1.807, 2.05) is 19.1 Å². The third-order valence-corrected chi connectivity index (χ3v) is 4.19. The summed E-state index contributed by atoms with van der Waals surface area (Å²) < 4.78 is 0.990. The Morgan fingerprint density at radius 2 is 2.29 bits per heavy atom. The predicted octanol–water partition coefficient (Wildman–Crippen LogP) is 3.39. The summed E-state index contributed by atoms with van der Waals surface area (Å²) in [5, 5.41) is 4.30.